The molecule has 3 amide bonds. The number of phenolic OH excluding ortho intramolecular Hbond substituents is 1. The third kappa shape index (κ3) is 10.0. The Morgan fingerprint density at radius 2 is 1.81 bits per heavy atom. The lowest BCUT2D eigenvalue weighted by Gasteiger charge is -2.32. The van der Waals surface area contributed by atoms with E-state index in [0.717, 1.165) is 25.7 Å². The molecule has 0 radical (unpaired) electrons. The van der Waals surface area contributed by atoms with E-state index in [0.29, 0.717) is 12.1 Å². The highest BCUT2D eigenvalue weighted by atomic mass is 16.6. The molecule has 3 N–H and O–H groups in total. The van der Waals surface area contributed by atoms with Crippen LogP contribution in [0.4, 0.5) is 4.79 Å². The van der Waals surface area contributed by atoms with Crippen molar-refractivity contribution in [1.82, 2.24) is 15.5 Å². The molecule has 0 aliphatic rings. The second-order valence-corrected chi connectivity index (χ2v) is 9.16. The average Bonchev–Trinajstić information content (AvgIpc) is 2.66. The highest BCUT2D eigenvalue weighted by Crippen LogP contribution is 2.25. The Morgan fingerprint density at radius 1 is 1.12 bits per heavy atom. The minimum Gasteiger partial charge on any atom is -0.508 e. The summed E-state index contributed by atoms with van der Waals surface area (Å²) >= 11 is 0. The van der Waals surface area contributed by atoms with Gasteiger partial charge in [-0.05, 0) is 58.7 Å². The molecule has 8 nitrogen and oxygen atoms in total. The highest BCUT2D eigenvalue weighted by molar-refractivity contribution is 5.90. The molecule has 1 atom stereocenters. The van der Waals surface area contributed by atoms with Crippen LogP contribution in [0.1, 0.15) is 78.8 Å². The molecule has 1 unspecified atom stereocenters. The van der Waals surface area contributed by atoms with E-state index >= 15 is 0 Å². The second kappa shape index (κ2) is 12.9. The van der Waals surface area contributed by atoms with E-state index in [1.54, 1.807) is 32.9 Å². The zero-order valence-corrected chi connectivity index (χ0v) is 20.2. The molecule has 8 heteroatoms. The van der Waals surface area contributed by atoms with E-state index in [-0.39, 0.29) is 24.2 Å². The van der Waals surface area contributed by atoms with Gasteiger partial charge in [0.2, 0.25) is 11.8 Å². The quantitative estimate of drug-likeness (QED) is 0.444. The first-order valence-corrected chi connectivity index (χ1v) is 11.3. The summed E-state index contributed by atoms with van der Waals surface area (Å²) in [6, 6.07) is 5.28. The molecule has 1 aromatic rings. The van der Waals surface area contributed by atoms with E-state index in [1.807, 2.05) is 13.8 Å². The van der Waals surface area contributed by atoms with Crippen LogP contribution < -0.4 is 10.6 Å². The van der Waals surface area contributed by atoms with E-state index in [2.05, 4.69) is 17.6 Å². The average molecular weight is 450 g/mol. The Balaban J connectivity index is 3.15. The van der Waals surface area contributed by atoms with Gasteiger partial charge in [-0.25, -0.2) is 4.79 Å². The molecule has 32 heavy (non-hydrogen) atoms. The van der Waals surface area contributed by atoms with Gasteiger partial charge in [-0.2, -0.15) is 0 Å². The zero-order valence-electron chi connectivity index (χ0n) is 20.2. The highest BCUT2D eigenvalue weighted by Gasteiger charge is 2.32. The molecule has 1 aromatic carbocycles. The van der Waals surface area contributed by atoms with Gasteiger partial charge in [-0.3, -0.25) is 9.59 Å². The fourth-order valence-electron chi connectivity index (χ4n) is 3.20. The summed E-state index contributed by atoms with van der Waals surface area (Å²) in [4.78, 5) is 39.8. The van der Waals surface area contributed by atoms with Crippen LogP contribution in [0.3, 0.4) is 0 Å². The molecule has 0 aliphatic carbocycles. The Morgan fingerprint density at radius 3 is 2.38 bits per heavy atom. The second-order valence-electron chi connectivity index (χ2n) is 9.16. The zero-order chi connectivity index (χ0) is 24.3. The number of rotatable bonds is 11. The topological polar surface area (TPSA) is 108 Å². The maximum atomic E-state index is 13.2. The SMILES string of the molecule is CCCCCCN(C(=O)CNC(=O)OC(C)(C)C)C(C(=O)NC(C)C)c1cccc(O)c1. The lowest BCUT2D eigenvalue weighted by molar-refractivity contribution is -0.140. The summed E-state index contributed by atoms with van der Waals surface area (Å²) in [6.45, 7) is 11.0. The minimum atomic E-state index is -0.931. The monoisotopic (exact) mass is 449 g/mol. The first kappa shape index (κ1) is 27.3. The molecule has 0 saturated heterocycles. The van der Waals surface area contributed by atoms with Crippen LogP contribution >= 0.6 is 0 Å². The number of carbonyl (C=O) groups excluding carboxylic acids is 3. The van der Waals surface area contributed by atoms with Crippen molar-refractivity contribution in [2.45, 2.75) is 84.9 Å². The third-order valence-corrected chi connectivity index (χ3v) is 4.53. The summed E-state index contributed by atoms with van der Waals surface area (Å²) in [6.07, 6.45) is 3.00. The van der Waals surface area contributed by atoms with E-state index in [9.17, 15) is 19.5 Å². The molecule has 0 saturated carbocycles. The first-order chi connectivity index (χ1) is 14.9. The molecule has 0 fully saturated rings. The predicted molar refractivity (Wildman–Crippen MR) is 124 cm³/mol. The lowest BCUT2D eigenvalue weighted by atomic mass is 10.0. The van der Waals surface area contributed by atoms with Crippen LogP contribution in [0.2, 0.25) is 0 Å². The van der Waals surface area contributed by atoms with Crippen molar-refractivity contribution >= 4 is 17.9 Å². The number of unbranched alkanes of at least 4 members (excludes halogenated alkanes) is 3. The van der Waals surface area contributed by atoms with Gasteiger partial charge < -0.3 is 25.4 Å². The number of aromatic hydroxyl groups is 1. The van der Waals surface area contributed by atoms with Crippen LogP contribution in [0.25, 0.3) is 0 Å². The van der Waals surface area contributed by atoms with Crippen LogP contribution in [0.15, 0.2) is 24.3 Å². The largest absolute Gasteiger partial charge is 0.508 e. The van der Waals surface area contributed by atoms with E-state index in [1.165, 1.54) is 17.0 Å². The van der Waals surface area contributed by atoms with Crippen molar-refractivity contribution in [3.8, 4) is 5.75 Å². The van der Waals surface area contributed by atoms with Gasteiger partial charge in [-0.1, -0.05) is 38.3 Å². The van der Waals surface area contributed by atoms with Gasteiger partial charge >= 0.3 is 6.09 Å². The fraction of sp³-hybridized carbons (Fsp3) is 0.625. The molecule has 0 aliphatic heterocycles. The predicted octanol–water partition coefficient (Wildman–Crippen LogP) is 3.89. The van der Waals surface area contributed by atoms with Crippen LogP contribution in [-0.4, -0.2) is 52.6 Å². The summed E-state index contributed by atoms with van der Waals surface area (Å²) in [7, 11) is 0. The molecular weight excluding hydrogens is 410 g/mol. The Labute approximate surface area is 191 Å². The van der Waals surface area contributed by atoms with Crippen molar-refractivity contribution in [1.29, 1.82) is 0 Å². The number of hydrogen-bond acceptors (Lipinski definition) is 5. The lowest BCUT2D eigenvalue weighted by Crippen LogP contribution is -2.49. The molecule has 0 heterocycles. The maximum absolute atomic E-state index is 13.2. The number of carbonyl (C=O) groups is 3. The molecule has 0 spiro atoms. The minimum absolute atomic E-state index is 0.00936. The van der Waals surface area contributed by atoms with E-state index in [4.69, 9.17) is 4.74 Å². The number of phenols is 1. The maximum Gasteiger partial charge on any atom is 0.408 e. The number of nitrogens with one attached hydrogen (secondary N) is 2. The van der Waals surface area contributed by atoms with Crippen molar-refractivity contribution in [3.05, 3.63) is 29.8 Å². The number of hydrogen-bond donors (Lipinski definition) is 3. The van der Waals surface area contributed by atoms with Gasteiger partial charge in [0.25, 0.3) is 0 Å². The molecular formula is C24H39N3O5. The fourth-order valence-corrected chi connectivity index (χ4v) is 3.20. The number of nitrogens with zero attached hydrogens (tertiary/aromatic N) is 1. The van der Waals surface area contributed by atoms with Gasteiger partial charge in [0.05, 0.1) is 0 Å². The summed E-state index contributed by atoms with van der Waals surface area (Å²) in [5, 5.41) is 15.3. The normalized spacial score (nSPS) is 12.2. The molecule has 180 valence electrons. The summed E-state index contributed by atoms with van der Waals surface area (Å²) in [5.74, 6) is -0.735. The number of amides is 3. The van der Waals surface area contributed by atoms with Crippen molar-refractivity contribution in [3.63, 3.8) is 0 Å². The van der Waals surface area contributed by atoms with Crippen molar-refractivity contribution < 1.29 is 24.2 Å². The number of benzene rings is 1. The summed E-state index contributed by atoms with van der Waals surface area (Å²) < 4.78 is 5.21. The smallest absolute Gasteiger partial charge is 0.408 e. The Kier molecular flexibility index (Phi) is 11.0. The number of alkyl carbamates (subject to hydrolysis) is 1. The van der Waals surface area contributed by atoms with Crippen LogP contribution in [0.5, 0.6) is 5.75 Å². The van der Waals surface area contributed by atoms with Gasteiger partial charge in [-0.15, -0.1) is 0 Å². The molecule has 0 bridgehead atoms. The van der Waals surface area contributed by atoms with Gasteiger partial charge in [0.15, 0.2) is 0 Å². The number of ether oxygens (including phenoxy) is 1. The summed E-state index contributed by atoms with van der Waals surface area (Å²) in [5.41, 5.74) is -0.182. The van der Waals surface area contributed by atoms with E-state index < -0.39 is 23.6 Å². The standard InChI is InChI=1S/C24H39N3O5/c1-7-8-9-10-14-27(20(29)16-25-23(31)32-24(4,5)6)21(22(30)26-17(2)3)18-12-11-13-19(28)15-18/h11-13,15,17,21,28H,7-10,14,16H2,1-6H3,(H,25,31)(H,26,30). The van der Waals surface area contributed by atoms with Gasteiger partial charge in [0, 0.05) is 12.6 Å². The van der Waals surface area contributed by atoms with Crippen molar-refractivity contribution in [2.24, 2.45) is 0 Å². The van der Waals surface area contributed by atoms with Crippen LogP contribution in [0, 0.1) is 0 Å². The third-order valence-electron chi connectivity index (χ3n) is 4.53. The Bertz CT molecular complexity index is 758. The Hall–Kier alpha value is -2.77. The van der Waals surface area contributed by atoms with Crippen molar-refractivity contribution in [2.75, 3.05) is 13.1 Å². The molecule has 0 aromatic heterocycles. The molecule has 1 rings (SSSR count). The van der Waals surface area contributed by atoms with Crippen LogP contribution in [-0.2, 0) is 14.3 Å². The first-order valence-electron chi connectivity index (χ1n) is 11.3. The van der Waals surface area contributed by atoms with Gasteiger partial charge in [0.1, 0.15) is 23.9 Å².